The minimum Gasteiger partial charge on any atom is -0.274 e. The van der Waals surface area contributed by atoms with Crippen LogP contribution in [0.5, 0.6) is 0 Å². The molecule has 0 radical (unpaired) electrons. The molecule has 3 aromatic rings. The number of amides is 2. The molecule has 0 bridgehead atoms. The average molecular weight is 315 g/mol. The molecule has 24 heavy (non-hydrogen) atoms. The van der Waals surface area contributed by atoms with Crippen molar-refractivity contribution in [2.24, 2.45) is 0 Å². The van der Waals surface area contributed by atoms with E-state index in [1.54, 1.807) is 0 Å². The van der Waals surface area contributed by atoms with Crippen molar-refractivity contribution in [2.45, 2.75) is 12.8 Å². The molecule has 4 rings (SSSR count). The highest BCUT2D eigenvalue weighted by Crippen LogP contribution is 2.30. The predicted molar refractivity (Wildman–Crippen MR) is 94.1 cm³/mol. The number of imide groups is 1. The summed E-state index contributed by atoms with van der Waals surface area (Å²) in [5, 5.41) is 1.73. The molecule has 0 saturated carbocycles. The SMILES string of the molecule is O=C1c2cccc3cccc(c23)C(=O)N1CCCc1ccccc1. The normalized spacial score (nSPS) is 13.6. The number of hydrogen-bond donors (Lipinski definition) is 0. The summed E-state index contributed by atoms with van der Waals surface area (Å²) >= 11 is 0. The van der Waals surface area contributed by atoms with Gasteiger partial charge in [0.15, 0.2) is 0 Å². The van der Waals surface area contributed by atoms with Crippen molar-refractivity contribution in [1.29, 1.82) is 0 Å². The zero-order chi connectivity index (χ0) is 16.5. The Morgan fingerprint density at radius 3 is 1.96 bits per heavy atom. The molecule has 1 aliphatic rings. The molecule has 3 nitrogen and oxygen atoms in total. The van der Waals surface area contributed by atoms with Gasteiger partial charge in [-0.25, -0.2) is 0 Å². The van der Waals surface area contributed by atoms with E-state index in [2.05, 4.69) is 12.1 Å². The third-order valence-electron chi connectivity index (χ3n) is 4.55. The number of carbonyl (C=O) groups is 2. The van der Waals surface area contributed by atoms with Crippen molar-refractivity contribution in [1.82, 2.24) is 4.90 Å². The van der Waals surface area contributed by atoms with Gasteiger partial charge in [-0.3, -0.25) is 14.5 Å². The molecule has 0 aliphatic carbocycles. The van der Waals surface area contributed by atoms with Crippen molar-refractivity contribution in [2.75, 3.05) is 6.54 Å². The number of benzene rings is 3. The maximum absolute atomic E-state index is 12.8. The van der Waals surface area contributed by atoms with E-state index in [4.69, 9.17) is 0 Å². The minimum atomic E-state index is -0.183. The van der Waals surface area contributed by atoms with Crippen LogP contribution in [0.15, 0.2) is 66.7 Å². The Bertz CT molecular complexity index is 880. The van der Waals surface area contributed by atoms with Crippen molar-refractivity contribution in [3.8, 4) is 0 Å². The molecule has 0 N–H and O–H groups in total. The average Bonchev–Trinajstić information content (AvgIpc) is 2.63. The molecular formula is C21H17NO2. The summed E-state index contributed by atoms with van der Waals surface area (Å²) in [4.78, 5) is 26.9. The van der Waals surface area contributed by atoms with Crippen LogP contribution < -0.4 is 0 Å². The fraction of sp³-hybridized carbons (Fsp3) is 0.143. The molecule has 0 spiro atoms. The highest BCUT2D eigenvalue weighted by atomic mass is 16.2. The molecule has 1 aliphatic heterocycles. The lowest BCUT2D eigenvalue weighted by Gasteiger charge is -2.27. The molecule has 0 unspecified atom stereocenters. The monoisotopic (exact) mass is 315 g/mol. The number of carbonyl (C=O) groups excluding carboxylic acids is 2. The number of hydrogen-bond acceptors (Lipinski definition) is 2. The summed E-state index contributed by atoms with van der Waals surface area (Å²) in [5.41, 5.74) is 2.47. The van der Waals surface area contributed by atoms with Crippen molar-refractivity contribution < 1.29 is 9.59 Å². The summed E-state index contributed by atoms with van der Waals surface area (Å²) in [6.07, 6.45) is 1.61. The Labute approximate surface area is 140 Å². The maximum atomic E-state index is 12.8. The van der Waals surface area contributed by atoms with Gasteiger partial charge in [0.1, 0.15) is 0 Å². The van der Waals surface area contributed by atoms with Crippen LogP contribution in [-0.4, -0.2) is 23.3 Å². The number of rotatable bonds is 4. The summed E-state index contributed by atoms with van der Waals surface area (Å²) in [7, 11) is 0. The Hall–Kier alpha value is -2.94. The standard InChI is InChI=1S/C21H17NO2/c23-20-17-12-4-10-16-11-5-13-18(19(16)17)21(24)22(20)14-6-9-15-7-2-1-3-8-15/h1-5,7-8,10-13H,6,9,14H2. The smallest absolute Gasteiger partial charge is 0.261 e. The quantitative estimate of drug-likeness (QED) is 0.681. The first kappa shape index (κ1) is 14.6. The highest BCUT2D eigenvalue weighted by molar-refractivity contribution is 6.25. The van der Waals surface area contributed by atoms with E-state index in [-0.39, 0.29) is 11.8 Å². The van der Waals surface area contributed by atoms with Crippen LogP contribution in [0.25, 0.3) is 10.8 Å². The topological polar surface area (TPSA) is 37.4 Å². The van der Waals surface area contributed by atoms with Gasteiger partial charge >= 0.3 is 0 Å². The second-order valence-electron chi connectivity index (χ2n) is 6.06. The first-order valence-corrected chi connectivity index (χ1v) is 8.17. The summed E-state index contributed by atoms with van der Waals surface area (Å²) in [6.45, 7) is 0.442. The highest BCUT2D eigenvalue weighted by Gasteiger charge is 2.31. The summed E-state index contributed by atoms with van der Waals surface area (Å²) in [5.74, 6) is -0.366. The van der Waals surface area contributed by atoms with Gasteiger partial charge < -0.3 is 0 Å². The van der Waals surface area contributed by atoms with Gasteiger partial charge in [-0.2, -0.15) is 0 Å². The van der Waals surface area contributed by atoms with Crippen LogP contribution in [0, 0.1) is 0 Å². The van der Waals surface area contributed by atoms with Crippen LogP contribution in [0.2, 0.25) is 0 Å². The molecule has 3 heteroatoms. The van der Waals surface area contributed by atoms with Crippen LogP contribution >= 0.6 is 0 Å². The lowest BCUT2D eigenvalue weighted by molar-refractivity contribution is 0.0609. The molecule has 2 amide bonds. The largest absolute Gasteiger partial charge is 0.274 e. The lowest BCUT2D eigenvalue weighted by atomic mass is 9.94. The van der Waals surface area contributed by atoms with E-state index < -0.39 is 0 Å². The predicted octanol–water partition coefficient (Wildman–Crippen LogP) is 4.07. The first-order chi connectivity index (χ1) is 11.8. The van der Waals surface area contributed by atoms with Gasteiger partial charge in [0.2, 0.25) is 0 Å². The van der Waals surface area contributed by atoms with Gasteiger partial charge in [0.05, 0.1) is 0 Å². The van der Waals surface area contributed by atoms with Crippen LogP contribution in [0.1, 0.15) is 32.7 Å². The van der Waals surface area contributed by atoms with Gasteiger partial charge in [0.25, 0.3) is 11.8 Å². The van der Waals surface area contributed by atoms with E-state index in [0.717, 1.165) is 23.6 Å². The molecular weight excluding hydrogens is 298 g/mol. The zero-order valence-corrected chi connectivity index (χ0v) is 13.2. The molecule has 0 saturated heterocycles. The lowest BCUT2D eigenvalue weighted by Crippen LogP contribution is -2.41. The van der Waals surface area contributed by atoms with E-state index in [1.165, 1.54) is 10.5 Å². The Morgan fingerprint density at radius 1 is 0.708 bits per heavy atom. The Kier molecular flexibility index (Phi) is 3.62. The molecule has 3 aromatic carbocycles. The van der Waals surface area contributed by atoms with Crippen LogP contribution in [-0.2, 0) is 6.42 Å². The van der Waals surface area contributed by atoms with E-state index >= 15 is 0 Å². The summed E-state index contributed by atoms with van der Waals surface area (Å²) in [6, 6.07) is 21.4. The van der Waals surface area contributed by atoms with E-state index in [1.807, 2.05) is 54.6 Å². The van der Waals surface area contributed by atoms with Gasteiger partial charge in [0, 0.05) is 23.1 Å². The zero-order valence-electron chi connectivity index (χ0n) is 13.2. The fourth-order valence-electron chi connectivity index (χ4n) is 3.37. The van der Waals surface area contributed by atoms with Crippen molar-refractivity contribution in [3.05, 3.63) is 83.4 Å². The Morgan fingerprint density at radius 2 is 1.33 bits per heavy atom. The van der Waals surface area contributed by atoms with Gasteiger partial charge in [-0.1, -0.05) is 54.6 Å². The third-order valence-corrected chi connectivity index (χ3v) is 4.55. The maximum Gasteiger partial charge on any atom is 0.261 e. The van der Waals surface area contributed by atoms with Crippen LogP contribution in [0.4, 0.5) is 0 Å². The molecule has 0 atom stereocenters. The van der Waals surface area contributed by atoms with Gasteiger partial charge in [-0.05, 0) is 35.9 Å². The number of nitrogens with zero attached hydrogens (tertiary/aromatic N) is 1. The number of aryl methyl sites for hydroxylation is 1. The molecule has 0 fully saturated rings. The molecule has 118 valence electrons. The van der Waals surface area contributed by atoms with E-state index in [9.17, 15) is 9.59 Å². The fourth-order valence-corrected chi connectivity index (χ4v) is 3.37. The second-order valence-corrected chi connectivity index (χ2v) is 6.06. The van der Waals surface area contributed by atoms with Gasteiger partial charge in [-0.15, -0.1) is 0 Å². The van der Waals surface area contributed by atoms with Crippen molar-refractivity contribution in [3.63, 3.8) is 0 Å². The molecule has 1 heterocycles. The minimum absolute atomic E-state index is 0.183. The summed E-state index contributed by atoms with van der Waals surface area (Å²) < 4.78 is 0. The third kappa shape index (κ3) is 2.38. The Balaban J connectivity index is 1.60. The van der Waals surface area contributed by atoms with Crippen LogP contribution in [0.3, 0.4) is 0 Å². The second kappa shape index (κ2) is 5.93. The molecule has 0 aromatic heterocycles. The van der Waals surface area contributed by atoms with E-state index in [0.29, 0.717) is 17.7 Å². The van der Waals surface area contributed by atoms with Crippen molar-refractivity contribution >= 4 is 22.6 Å². The first-order valence-electron chi connectivity index (χ1n) is 8.17.